The molecule has 0 spiro atoms. The van der Waals surface area contributed by atoms with E-state index in [0.717, 1.165) is 23.2 Å². The Labute approximate surface area is 112 Å². The molecular formula is C14H17ClN2O. The first-order valence-corrected chi connectivity index (χ1v) is 6.47. The highest BCUT2D eigenvalue weighted by Crippen LogP contribution is 2.26. The van der Waals surface area contributed by atoms with Crippen LogP contribution in [0.5, 0.6) is 0 Å². The molecule has 1 aromatic carbocycles. The van der Waals surface area contributed by atoms with Crippen molar-refractivity contribution in [3.05, 3.63) is 35.5 Å². The number of aromatic nitrogens is 1. The number of fused-ring (bicyclic) bond motifs is 1. The van der Waals surface area contributed by atoms with E-state index in [1.165, 1.54) is 0 Å². The fourth-order valence-electron chi connectivity index (χ4n) is 1.87. The Kier molecular flexibility index (Phi) is 4.39. The smallest absolute Gasteiger partial charge is 0.0934 e. The van der Waals surface area contributed by atoms with Crippen LogP contribution in [-0.4, -0.2) is 24.2 Å². The van der Waals surface area contributed by atoms with E-state index in [0.29, 0.717) is 11.6 Å². The molecule has 0 aliphatic carbocycles. The Balaban J connectivity index is 2.26. The Morgan fingerprint density at radius 3 is 3.06 bits per heavy atom. The number of hydrogen-bond donors (Lipinski definition) is 1. The third kappa shape index (κ3) is 3.12. The average Bonchev–Trinajstić information content (AvgIpc) is 2.36. The Bertz CT molecular complexity index is 530. The van der Waals surface area contributed by atoms with Crippen LogP contribution in [0.3, 0.4) is 0 Å². The number of hydrogen-bond acceptors (Lipinski definition) is 3. The summed E-state index contributed by atoms with van der Waals surface area (Å²) in [5.41, 5.74) is 1.88. The first-order chi connectivity index (χ1) is 8.70. The fraction of sp³-hybridized carbons (Fsp3) is 0.357. The van der Waals surface area contributed by atoms with Crippen molar-refractivity contribution >= 4 is 28.2 Å². The van der Waals surface area contributed by atoms with Gasteiger partial charge in [-0.15, -0.1) is 0 Å². The van der Waals surface area contributed by atoms with Gasteiger partial charge in [-0.1, -0.05) is 17.7 Å². The standard InChI is InChI=1S/C14H17ClN2O/c1-3-18-9-10(2)17-13-8-12(15)7-11-5-4-6-16-14(11)13/h4-8,10,17H,3,9H2,1-2H3. The zero-order valence-corrected chi connectivity index (χ0v) is 11.4. The molecule has 0 fully saturated rings. The first-order valence-electron chi connectivity index (χ1n) is 6.09. The van der Waals surface area contributed by atoms with E-state index in [1.54, 1.807) is 6.20 Å². The summed E-state index contributed by atoms with van der Waals surface area (Å²) < 4.78 is 5.39. The molecule has 96 valence electrons. The van der Waals surface area contributed by atoms with Crippen LogP contribution in [0.4, 0.5) is 5.69 Å². The molecule has 0 aliphatic heterocycles. The van der Waals surface area contributed by atoms with E-state index >= 15 is 0 Å². The largest absolute Gasteiger partial charge is 0.380 e. The summed E-state index contributed by atoms with van der Waals surface area (Å²) in [6.45, 7) is 5.45. The molecule has 0 radical (unpaired) electrons. The van der Waals surface area contributed by atoms with Crippen LogP contribution in [0, 0.1) is 0 Å². The van der Waals surface area contributed by atoms with Gasteiger partial charge < -0.3 is 10.1 Å². The van der Waals surface area contributed by atoms with Gasteiger partial charge in [0.05, 0.1) is 17.8 Å². The molecule has 0 saturated carbocycles. The van der Waals surface area contributed by atoms with Crippen LogP contribution >= 0.6 is 11.6 Å². The number of ether oxygens (including phenoxy) is 1. The lowest BCUT2D eigenvalue weighted by molar-refractivity contribution is 0.141. The lowest BCUT2D eigenvalue weighted by Gasteiger charge is -2.16. The predicted octanol–water partition coefficient (Wildman–Crippen LogP) is 3.73. The van der Waals surface area contributed by atoms with Crippen LogP contribution < -0.4 is 5.32 Å². The topological polar surface area (TPSA) is 34.1 Å². The number of benzene rings is 1. The number of pyridine rings is 1. The van der Waals surface area contributed by atoms with Crippen LogP contribution in [0.2, 0.25) is 5.02 Å². The third-order valence-corrected chi connectivity index (χ3v) is 2.86. The molecule has 2 aromatic rings. The number of anilines is 1. The second-order valence-electron chi connectivity index (χ2n) is 4.23. The number of rotatable bonds is 5. The van der Waals surface area contributed by atoms with E-state index in [-0.39, 0.29) is 6.04 Å². The highest BCUT2D eigenvalue weighted by atomic mass is 35.5. The summed E-state index contributed by atoms with van der Waals surface area (Å²) in [7, 11) is 0. The van der Waals surface area contributed by atoms with Gasteiger partial charge in [0.1, 0.15) is 0 Å². The van der Waals surface area contributed by atoms with Gasteiger partial charge in [-0.2, -0.15) is 0 Å². The van der Waals surface area contributed by atoms with Crippen molar-refractivity contribution in [2.75, 3.05) is 18.5 Å². The SMILES string of the molecule is CCOCC(C)Nc1cc(Cl)cc2cccnc12. The summed E-state index contributed by atoms with van der Waals surface area (Å²) in [5.74, 6) is 0. The normalized spacial score (nSPS) is 12.6. The second-order valence-corrected chi connectivity index (χ2v) is 4.67. The quantitative estimate of drug-likeness (QED) is 0.894. The van der Waals surface area contributed by atoms with Gasteiger partial charge in [0.15, 0.2) is 0 Å². The van der Waals surface area contributed by atoms with Crippen LogP contribution in [0.25, 0.3) is 10.9 Å². The number of nitrogens with zero attached hydrogens (tertiary/aromatic N) is 1. The van der Waals surface area contributed by atoms with Gasteiger partial charge in [0, 0.05) is 29.3 Å². The summed E-state index contributed by atoms with van der Waals surface area (Å²) in [6, 6.07) is 7.95. The van der Waals surface area contributed by atoms with Gasteiger partial charge in [0.25, 0.3) is 0 Å². The summed E-state index contributed by atoms with van der Waals surface area (Å²) >= 11 is 6.11. The highest BCUT2D eigenvalue weighted by Gasteiger charge is 2.07. The van der Waals surface area contributed by atoms with Crippen molar-refractivity contribution in [1.82, 2.24) is 4.98 Å². The van der Waals surface area contributed by atoms with E-state index in [1.807, 2.05) is 31.2 Å². The Morgan fingerprint density at radius 2 is 2.28 bits per heavy atom. The molecule has 1 aromatic heterocycles. The van der Waals surface area contributed by atoms with Crippen molar-refractivity contribution in [3.63, 3.8) is 0 Å². The fourth-order valence-corrected chi connectivity index (χ4v) is 2.09. The molecule has 0 aliphatic rings. The average molecular weight is 265 g/mol. The van der Waals surface area contributed by atoms with Crippen molar-refractivity contribution in [2.45, 2.75) is 19.9 Å². The zero-order valence-electron chi connectivity index (χ0n) is 10.6. The maximum absolute atomic E-state index is 6.11. The van der Waals surface area contributed by atoms with Gasteiger partial charge >= 0.3 is 0 Å². The summed E-state index contributed by atoms with van der Waals surface area (Å²) in [4.78, 5) is 4.39. The lowest BCUT2D eigenvalue weighted by atomic mass is 10.2. The van der Waals surface area contributed by atoms with E-state index < -0.39 is 0 Å². The summed E-state index contributed by atoms with van der Waals surface area (Å²) in [5, 5.41) is 5.14. The van der Waals surface area contributed by atoms with E-state index in [4.69, 9.17) is 16.3 Å². The molecule has 3 nitrogen and oxygen atoms in total. The summed E-state index contributed by atoms with van der Waals surface area (Å²) in [6.07, 6.45) is 1.79. The molecule has 0 bridgehead atoms. The first kappa shape index (κ1) is 13.1. The zero-order chi connectivity index (χ0) is 13.0. The predicted molar refractivity (Wildman–Crippen MR) is 76.3 cm³/mol. The maximum Gasteiger partial charge on any atom is 0.0934 e. The Hall–Kier alpha value is -1.32. The van der Waals surface area contributed by atoms with Crippen molar-refractivity contribution in [2.24, 2.45) is 0 Å². The van der Waals surface area contributed by atoms with E-state index in [9.17, 15) is 0 Å². The molecule has 4 heteroatoms. The lowest BCUT2D eigenvalue weighted by Crippen LogP contribution is -2.21. The van der Waals surface area contributed by atoms with Gasteiger partial charge in [0.2, 0.25) is 0 Å². The van der Waals surface area contributed by atoms with Gasteiger partial charge in [-0.3, -0.25) is 4.98 Å². The maximum atomic E-state index is 6.11. The third-order valence-electron chi connectivity index (χ3n) is 2.64. The van der Waals surface area contributed by atoms with Crippen LogP contribution in [0.1, 0.15) is 13.8 Å². The van der Waals surface area contributed by atoms with E-state index in [2.05, 4.69) is 17.2 Å². The molecule has 1 heterocycles. The van der Waals surface area contributed by atoms with Crippen molar-refractivity contribution in [1.29, 1.82) is 0 Å². The minimum absolute atomic E-state index is 0.216. The monoisotopic (exact) mass is 264 g/mol. The minimum Gasteiger partial charge on any atom is -0.380 e. The molecule has 2 rings (SSSR count). The highest BCUT2D eigenvalue weighted by molar-refractivity contribution is 6.31. The van der Waals surface area contributed by atoms with Crippen molar-refractivity contribution in [3.8, 4) is 0 Å². The van der Waals surface area contributed by atoms with Gasteiger partial charge in [-0.05, 0) is 32.0 Å². The molecule has 18 heavy (non-hydrogen) atoms. The number of nitrogens with one attached hydrogen (secondary N) is 1. The molecule has 1 atom stereocenters. The molecule has 1 unspecified atom stereocenters. The molecule has 1 N–H and O–H groups in total. The van der Waals surface area contributed by atoms with Crippen LogP contribution in [0.15, 0.2) is 30.5 Å². The molecular weight excluding hydrogens is 248 g/mol. The number of halogens is 1. The Morgan fingerprint density at radius 1 is 1.44 bits per heavy atom. The van der Waals surface area contributed by atoms with Crippen molar-refractivity contribution < 1.29 is 4.74 Å². The van der Waals surface area contributed by atoms with Gasteiger partial charge in [-0.25, -0.2) is 0 Å². The molecule has 0 amide bonds. The van der Waals surface area contributed by atoms with Crippen LogP contribution in [-0.2, 0) is 4.74 Å². The molecule has 0 saturated heterocycles. The minimum atomic E-state index is 0.216. The second kappa shape index (κ2) is 6.03.